The molecule has 1 saturated heterocycles. The van der Waals surface area contributed by atoms with E-state index in [-0.39, 0.29) is 11.4 Å². The lowest BCUT2D eigenvalue weighted by Crippen LogP contribution is -2.42. The summed E-state index contributed by atoms with van der Waals surface area (Å²) in [6, 6.07) is 7.73. The van der Waals surface area contributed by atoms with Gasteiger partial charge in [0.15, 0.2) is 5.60 Å². The Balaban J connectivity index is 1.91. The molecule has 2 aliphatic rings. The summed E-state index contributed by atoms with van der Waals surface area (Å²) in [7, 11) is 1.43. The number of halogens is 1. The van der Waals surface area contributed by atoms with Gasteiger partial charge in [-0.3, -0.25) is 0 Å². The van der Waals surface area contributed by atoms with Gasteiger partial charge in [-0.2, -0.15) is 0 Å². The molecule has 4 heteroatoms. The topological polar surface area (TPSA) is 38.8 Å². The number of methoxy groups -OCH3 is 1. The van der Waals surface area contributed by atoms with E-state index in [9.17, 15) is 4.79 Å². The predicted molar refractivity (Wildman–Crippen MR) is 76.7 cm³/mol. The number of esters is 1. The van der Waals surface area contributed by atoms with E-state index in [1.54, 1.807) is 0 Å². The molecular formula is C16H19ClO3. The first-order valence-electron chi connectivity index (χ1n) is 6.90. The average molecular weight is 295 g/mol. The Hall–Kier alpha value is -1.06. The van der Waals surface area contributed by atoms with Crippen molar-refractivity contribution in [2.24, 2.45) is 5.41 Å². The maximum Gasteiger partial charge on any atom is 0.341 e. The van der Waals surface area contributed by atoms with Crippen molar-refractivity contribution in [1.29, 1.82) is 0 Å². The molecule has 0 N–H and O–H groups in total. The van der Waals surface area contributed by atoms with Crippen LogP contribution >= 0.6 is 11.6 Å². The highest BCUT2D eigenvalue weighted by Gasteiger charge is 2.84. The van der Waals surface area contributed by atoms with Crippen molar-refractivity contribution in [1.82, 2.24) is 0 Å². The zero-order valence-corrected chi connectivity index (χ0v) is 12.8. The molecule has 1 aromatic carbocycles. The van der Waals surface area contributed by atoms with Crippen LogP contribution in [0.3, 0.4) is 0 Å². The molecule has 2 atom stereocenters. The third kappa shape index (κ3) is 1.66. The number of benzene rings is 1. The van der Waals surface area contributed by atoms with Gasteiger partial charge in [0, 0.05) is 16.9 Å². The average Bonchev–Trinajstić information content (AvgIpc) is 3.04. The number of hydrogen-bond acceptors (Lipinski definition) is 3. The zero-order valence-electron chi connectivity index (χ0n) is 12.0. The maximum atomic E-state index is 12.3. The minimum absolute atomic E-state index is 0.188. The first-order valence-corrected chi connectivity index (χ1v) is 7.28. The Morgan fingerprint density at radius 2 is 1.95 bits per heavy atom. The molecule has 1 aliphatic heterocycles. The normalized spacial score (nSPS) is 33.6. The highest BCUT2D eigenvalue weighted by molar-refractivity contribution is 6.30. The molecule has 3 rings (SSSR count). The third-order valence-electron chi connectivity index (χ3n) is 4.93. The molecule has 1 aliphatic carbocycles. The predicted octanol–water partition coefficient (Wildman–Crippen LogP) is 3.38. The summed E-state index contributed by atoms with van der Waals surface area (Å²) in [6.07, 6.45) is 2.58. The van der Waals surface area contributed by atoms with E-state index in [0.717, 1.165) is 24.8 Å². The lowest BCUT2D eigenvalue weighted by atomic mass is 9.76. The third-order valence-corrected chi connectivity index (χ3v) is 5.18. The van der Waals surface area contributed by atoms with Crippen LogP contribution in [-0.4, -0.2) is 24.3 Å². The molecule has 2 unspecified atom stereocenters. The van der Waals surface area contributed by atoms with Crippen LogP contribution < -0.4 is 0 Å². The molecular weight excluding hydrogens is 276 g/mol. The molecule has 1 saturated carbocycles. The Bertz CT molecular complexity index is 551. The van der Waals surface area contributed by atoms with Gasteiger partial charge in [0.1, 0.15) is 5.60 Å². The van der Waals surface area contributed by atoms with Crippen LogP contribution in [0.5, 0.6) is 0 Å². The Morgan fingerprint density at radius 1 is 1.30 bits per heavy atom. The minimum Gasteiger partial charge on any atom is -0.467 e. The summed E-state index contributed by atoms with van der Waals surface area (Å²) in [4.78, 5) is 12.3. The van der Waals surface area contributed by atoms with E-state index in [0.29, 0.717) is 5.02 Å². The van der Waals surface area contributed by atoms with Crippen molar-refractivity contribution in [3.8, 4) is 0 Å². The second kappa shape index (κ2) is 4.22. The van der Waals surface area contributed by atoms with Crippen LogP contribution in [-0.2, 0) is 20.7 Å². The lowest BCUT2D eigenvalue weighted by molar-refractivity contribution is -0.151. The fourth-order valence-corrected chi connectivity index (χ4v) is 3.89. The van der Waals surface area contributed by atoms with E-state index in [4.69, 9.17) is 21.1 Å². The van der Waals surface area contributed by atoms with E-state index in [1.807, 2.05) is 24.3 Å². The molecule has 0 spiro atoms. The number of ether oxygens (including phenoxy) is 2. The smallest absolute Gasteiger partial charge is 0.341 e. The zero-order chi connectivity index (χ0) is 14.6. The van der Waals surface area contributed by atoms with Crippen LogP contribution in [0, 0.1) is 5.41 Å². The second-order valence-corrected chi connectivity index (χ2v) is 6.89. The largest absolute Gasteiger partial charge is 0.467 e. The lowest BCUT2D eigenvalue weighted by Gasteiger charge is -2.25. The van der Waals surface area contributed by atoms with Gasteiger partial charge in [-0.05, 0) is 30.5 Å². The summed E-state index contributed by atoms with van der Waals surface area (Å²) in [5, 5.41) is 0.717. The Morgan fingerprint density at radius 3 is 2.55 bits per heavy atom. The molecule has 2 fully saturated rings. The standard InChI is InChI=1S/C16H19ClO3/c1-14(2)8-9-15(16(14,20-15)13(18)19-3)10-11-4-6-12(17)7-5-11/h4-7H,8-10H2,1-3H3. The molecule has 1 aromatic rings. The SMILES string of the molecule is COC(=O)C12OC1(Cc1ccc(Cl)cc1)CCC2(C)C. The van der Waals surface area contributed by atoms with Crippen molar-refractivity contribution in [3.63, 3.8) is 0 Å². The van der Waals surface area contributed by atoms with Crippen molar-refractivity contribution >= 4 is 17.6 Å². The first-order chi connectivity index (χ1) is 9.37. The van der Waals surface area contributed by atoms with Crippen LogP contribution in [0.15, 0.2) is 24.3 Å². The van der Waals surface area contributed by atoms with E-state index < -0.39 is 11.2 Å². The van der Waals surface area contributed by atoms with E-state index in [1.165, 1.54) is 7.11 Å². The van der Waals surface area contributed by atoms with Gasteiger partial charge in [-0.15, -0.1) is 0 Å². The van der Waals surface area contributed by atoms with Gasteiger partial charge < -0.3 is 9.47 Å². The molecule has 3 nitrogen and oxygen atoms in total. The highest BCUT2D eigenvalue weighted by atomic mass is 35.5. The van der Waals surface area contributed by atoms with Crippen LogP contribution in [0.2, 0.25) is 5.02 Å². The minimum atomic E-state index is -0.783. The summed E-state index contributed by atoms with van der Waals surface area (Å²) < 4.78 is 11.0. The van der Waals surface area contributed by atoms with E-state index >= 15 is 0 Å². The second-order valence-electron chi connectivity index (χ2n) is 6.46. The van der Waals surface area contributed by atoms with Crippen molar-refractivity contribution in [2.45, 2.75) is 44.3 Å². The highest BCUT2D eigenvalue weighted by Crippen LogP contribution is 2.69. The molecule has 0 aromatic heterocycles. The maximum absolute atomic E-state index is 12.3. The van der Waals surface area contributed by atoms with Gasteiger partial charge in [-0.1, -0.05) is 37.6 Å². The summed E-state index contributed by atoms with van der Waals surface area (Å²) in [6.45, 7) is 4.17. The molecule has 20 heavy (non-hydrogen) atoms. The fourth-order valence-electron chi connectivity index (χ4n) is 3.77. The Kier molecular flexibility index (Phi) is 2.93. The molecule has 108 valence electrons. The Labute approximate surface area is 124 Å². The fraction of sp³-hybridized carbons (Fsp3) is 0.562. The number of rotatable bonds is 3. The summed E-state index contributed by atoms with van der Waals surface area (Å²) >= 11 is 5.91. The molecule has 1 heterocycles. The van der Waals surface area contributed by atoms with E-state index in [2.05, 4.69) is 13.8 Å². The van der Waals surface area contributed by atoms with Crippen LogP contribution in [0.1, 0.15) is 32.3 Å². The monoisotopic (exact) mass is 294 g/mol. The van der Waals surface area contributed by atoms with Crippen LogP contribution in [0.25, 0.3) is 0 Å². The van der Waals surface area contributed by atoms with Crippen molar-refractivity contribution in [2.75, 3.05) is 7.11 Å². The number of epoxide rings is 1. The van der Waals surface area contributed by atoms with Gasteiger partial charge in [0.05, 0.1) is 7.11 Å². The quantitative estimate of drug-likeness (QED) is 0.634. The summed E-state index contributed by atoms with van der Waals surface area (Å²) in [5.74, 6) is -0.242. The number of fused-ring (bicyclic) bond motifs is 1. The first kappa shape index (κ1) is 13.9. The van der Waals surface area contributed by atoms with Gasteiger partial charge in [0.25, 0.3) is 0 Å². The van der Waals surface area contributed by atoms with Gasteiger partial charge in [-0.25, -0.2) is 4.79 Å². The molecule has 0 radical (unpaired) electrons. The van der Waals surface area contributed by atoms with Gasteiger partial charge in [0.2, 0.25) is 0 Å². The molecule has 0 bridgehead atoms. The van der Waals surface area contributed by atoms with Crippen molar-refractivity contribution in [3.05, 3.63) is 34.9 Å². The van der Waals surface area contributed by atoms with Crippen LogP contribution in [0.4, 0.5) is 0 Å². The van der Waals surface area contributed by atoms with Crippen molar-refractivity contribution < 1.29 is 14.3 Å². The number of hydrogen-bond donors (Lipinski definition) is 0. The van der Waals surface area contributed by atoms with Gasteiger partial charge >= 0.3 is 5.97 Å². The summed E-state index contributed by atoms with van der Waals surface area (Å²) in [5.41, 5.74) is -0.240. The number of carbonyl (C=O) groups excluding carboxylic acids is 1. The number of carbonyl (C=O) groups is 1. The molecule has 0 amide bonds.